The quantitative estimate of drug-likeness (QED) is 0.623. The van der Waals surface area contributed by atoms with Gasteiger partial charge in [-0.25, -0.2) is 4.57 Å². The van der Waals surface area contributed by atoms with E-state index in [2.05, 4.69) is 10.2 Å². The Morgan fingerprint density at radius 2 is 2.06 bits per heavy atom. The molecule has 18 heavy (non-hydrogen) atoms. The van der Waals surface area contributed by atoms with Crippen LogP contribution in [-0.2, 0) is 7.05 Å². The highest BCUT2D eigenvalue weighted by Gasteiger charge is 2.09. The highest BCUT2D eigenvalue weighted by molar-refractivity contribution is 7.12. The van der Waals surface area contributed by atoms with Crippen molar-refractivity contribution in [1.29, 1.82) is 0 Å². The summed E-state index contributed by atoms with van der Waals surface area (Å²) in [6, 6.07) is 5.72. The van der Waals surface area contributed by atoms with E-state index in [9.17, 15) is 0 Å². The maximum absolute atomic E-state index is 6.17. The summed E-state index contributed by atoms with van der Waals surface area (Å²) in [7, 11) is 5.87. The van der Waals surface area contributed by atoms with E-state index in [1.54, 1.807) is 0 Å². The van der Waals surface area contributed by atoms with Crippen molar-refractivity contribution in [3.63, 3.8) is 0 Å². The molecule has 0 radical (unpaired) electrons. The van der Waals surface area contributed by atoms with Gasteiger partial charge in [0.15, 0.2) is 0 Å². The minimum absolute atomic E-state index is 0.601. The van der Waals surface area contributed by atoms with E-state index >= 15 is 0 Å². The van der Waals surface area contributed by atoms with Gasteiger partial charge in [-0.3, -0.25) is 0 Å². The van der Waals surface area contributed by atoms with Crippen LogP contribution in [0.3, 0.4) is 0 Å². The number of hydrogen-bond donors (Lipinski definition) is 0. The molecule has 0 aliphatic heterocycles. The summed E-state index contributed by atoms with van der Waals surface area (Å²) in [4.78, 5) is 1.99. The van der Waals surface area contributed by atoms with Crippen LogP contribution in [-0.4, -0.2) is 14.1 Å². The highest BCUT2D eigenvalue weighted by Crippen LogP contribution is 2.30. The van der Waals surface area contributed by atoms with Crippen LogP contribution in [0.25, 0.3) is 0 Å². The van der Waals surface area contributed by atoms with Crippen LogP contribution in [0.5, 0.6) is 0 Å². The number of anilines is 1. The summed E-state index contributed by atoms with van der Waals surface area (Å²) in [5.41, 5.74) is 1.72. The van der Waals surface area contributed by atoms with Crippen molar-refractivity contribution in [2.75, 3.05) is 19.0 Å². The third-order valence-electron chi connectivity index (χ3n) is 2.45. The number of aryl methyl sites for hydroxylation is 1. The summed E-state index contributed by atoms with van der Waals surface area (Å²) in [6.45, 7) is 0. The molecule has 94 valence electrons. The number of azo groups is 1. The monoisotopic (exact) mass is 281 g/mol. The molecule has 0 saturated heterocycles. The molecule has 0 N–H and O–H groups in total. The van der Waals surface area contributed by atoms with Crippen molar-refractivity contribution >= 4 is 39.4 Å². The second-order valence-electron chi connectivity index (χ2n) is 4.03. The number of rotatable bonds is 3. The van der Waals surface area contributed by atoms with E-state index in [4.69, 9.17) is 11.6 Å². The van der Waals surface area contributed by atoms with Crippen molar-refractivity contribution in [3.05, 3.63) is 34.8 Å². The minimum Gasteiger partial charge on any atom is -0.378 e. The molecule has 0 fully saturated rings. The van der Waals surface area contributed by atoms with Gasteiger partial charge < -0.3 is 4.90 Å². The lowest BCUT2D eigenvalue weighted by Gasteiger charge is -2.12. The van der Waals surface area contributed by atoms with Gasteiger partial charge in [0.25, 0.3) is 0 Å². The van der Waals surface area contributed by atoms with Gasteiger partial charge >= 0.3 is 5.13 Å². The molecule has 1 heterocycles. The molecule has 0 amide bonds. The fourth-order valence-corrected chi connectivity index (χ4v) is 2.27. The Kier molecular flexibility index (Phi) is 3.93. The molecule has 0 saturated carbocycles. The number of halogens is 1. The van der Waals surface area contributed by atoms with E-state index < -0.39 is 0 Å². The molecular formula is C12H14ClN4S+. The second kappa shape index (κ2) is 5.46. The predicted molar refractivity (Wildman–Crippen MR) is 75.5 cm³/mol. The van der Waals surface area contributed by atoms with Gasteiger partial charge in [-0.05, 0) is 34.7 Å². The first-order chi connectivity index (χ1) is 8.58. The summed E-state index contributed by atoms with van der Waals surface area (Å²) in [5.74, 6) is 0. The second-order valence-corrected chi connectivity index (χ2v) is 5.31. The molecule has 2 aromatic rings. The summed E-state index contributed by atoms with van der Waals surface area (Å²) in [6.07, 6.45) is 1.94. The van der Waals surface area contributed by atoms with Gasteiger partial charge in [0.1, 0.15) is 11.9 Å². The van der Waals surface area contributed by atoms with Crippen LogP contribution in [0.4, 0.5) is 16.5 Å². The van der Waals surface area contributed by atoms with Crippen LogP contribution in [0.1, 0.15) is 0 Å². The highest BCUT2D eigenvalue weighted by atomic mass is 35.5. The lowest BCUT2D eigenvalue weighted by Crippen LogP contribution is -2.23. The van der Waals surface area contributed by atoms with Crippen LogP contribution >= 0.6 is 22.9 Å². The lowest BCUT2D eigenvalue weighted by atomic mass is 10.3. The SMILES string of the molecule is CN(C)c1ccc(N=Nc2scc[n+]2C)c(Cl)c1. The van der Waals surface area contributed by atoms with Crippen molar-refractivity contribution < 1.29 is 4.57 Å². The van der Waals surface area contributed by atoms with Gasteiger partial charge in [0, 0.05) is 25.2 Å². The van der Waals surface area contributed by atoms with Crippen molar-refractivity contribution in [3.8, 4) is 0 Å². The first kappa shape index (κ1) is 13.0. The Labute approximate surface area is 115 Å². The van der Waals surface area contributed by atoms with Gasteiger partial charge in [-0.1, -0.05) is 11.6 Å². The van der Waals surface area contributed by atoms with Gasteiger partial charge in [0.05, 0.1) is 17.2 Å². The first-order valence-corrected chi connectivity index (χ1v) is 6.65. The maximum atomic E-state index is 6.17. The van der Waals surface area contributed by atoms with Gasteiger partial charge in [-0.15, -0.1) is 0 Å². The van der Waals surface area contributed by atoms with Gasteiger partial charge in [0.2, 0.25) is 0 Å². The molecule has 6 heteroatoms. The van der Waals surface area contributed by atoms with Crippen molar-refractivity contribution in [2.45, 2.75) is 0 Å². The molecule has 1 aromatic carbocycles. The molecule has 0 aliphatic rings. The molecule has 0 unspecified atom stereocenters. The zero-order chi connectivity index (χ0) is 13.1. The lowest BCUT2D eigenvalue weighted by molar-refractivity contribution is -0.654. The summed E-state index contributed by atoms with van der Waals surface area (Å²) in [5, 5.41) is 11.8. The number of benzene rings is 1. The third kappa shape index (κ3) is 2.86. The topological polar surface area (TPSA) is 31.8 Å². The number of nitrogens with zero attached hydrogens (tertiary/aromatic N) is 4. The smallest absolute Gasteiger partial charge is 0.378 e. The zero-order valence-corrected chi connectivity index (χ0v) is 12.0. The van der Waals surface area contributed by atoms with Crippen LogP contribution in [0.2, 0.25) is 5.02 Å². The van der Waals surface area contributed by atoms with E-state index in [0.29, 0.717) is 10.7 Å². The van der Waals surface area contributed by atoms with Crippen molar-refractivity contribution in [1.82, 2.24) is 0 Å². The first-order valence-electron chi connectivity index (χ1n) is 5.39. The Bertz CT molecular complexity index is 577. The molecule has 0 bridgehead atoms. The van der Waals surface area contributed by atoms with E-state index in [1.165, 1.54) is 11.3 Å². The van der Waals surface area contributed by atoms with E-state index in [-0.39, 0.29) is 0 Å². The summed E-state index contributed by atoms with van der Waals surface area (Å²) >= 11 is 7.70. The van der Waals surface area contributed by atoms with Gasteiger partial charge in [-0.2, -0.15) is 0 Å². The molecule has 0 atom stereocenters. The van der Waals surface area contributed by atoms with E-state index in [0.717, 1.165) is 10.8 Å². The van der Waals surface area contributed by atoms with Crippen LogP contribution < -0.4 is 9.47 Å². The average Bonchev–Trinajstić information content (AvgIpc) is 2.73. The molecule has 0 spiro atoms. The average molecular weight is 282 g/mol. The largest absolute Gasteiger partial charge is 0.408 e. The zero-order valence-electron chi connectivity index (χ0n) is 10.5. The molecule has 0 aliphatic carbocycles. The minimum atomic E-state index is 0.601. The van der Waals surface area contributed by atoms with Crippen LogP contribution in [0.15, 0.2) is 40.0 Å². The number of aromatic nitrogens is 1. The standard InChI is InChI=1S/C12H14ClN4S/c1-16(2)9-4-5-11(10(13)8-9)14-15-12-17(3)6-7-18-12/h4-8H,1-3H3/q+1. The fourth-order valence-electron chi connectivity index (χ4n) is 1.38. The molecule has 1 aromatic heterocycles. The fraction of sp³-hybridized carbons (Fsp3) is 0.250. The molecule has 2 rings (SSSR count). The Hall–Kier alpha value is -1.46. The van der Waals surface area contributed by atoms with Crippen LogP contribution in [0, 0.1) is 0 Å². The Morgan fingerprint density at radius 1 is 1.28 bits per heavy atom. The maximum Gasteiger partial charge on any atom is 0.408 e. The normalized spacial score (nSPS) is 11.1. The number of thiazole rings is 1. The van der Waals surface area contributed by atoms with E-state index in [1.807, 2.05) is 60.4 Å². The summed E-state index contributed by atoms with van der Waals surface area (Å²) < 4.78 is 1.91. The molecular weight excluding hydrogens is 268 g/mol. The van der Waals surface area contributed by atoms with Crippen molar-refractivity contribution in [2.24, 2.45) is 17.3 Å². The molecule has 4 nitrogen and oxygen atoms in total. The number of hydrogen-bond acceptors (Lipinski definition) is 4. The Balaban J connectivity index is 2.25. The predicted octanol–water partition coefficient (Wildman–Crippen LogP) is 3.71. The Morgan fingerprint density at radius 3 is 2.61 bits per heavy atom. The third-order valence-corrected chi connectivity index (χ3v) is 3.59.